The zero-order chi connectivity index (χ0) is 19.8. The lowest BCUT2D eigenvalue weighted by molar-refractivity contribution is -0.129. The molecule has 0 spiro atoms. The number of hydrogen-bond donors (Lipinski definition) is 0. The Kier molecular flexibility index (Phi) is 7.25. The molecule has 0 atom stereocenters. The highest BCUT2D eigenvalue weighted by Gasteiger charge is 2.16. The molecule has 146 valence electrons. The van der Waals surface area contributed by atoms with Crippen molar-refractivity contribution in [2.24, 2.45) is 0 Å². The van der Waals surface area contributed by atoms with Crippen molar-refractivity contribution >= 4 is 17.7 Å². The lowest BCUT2D eigenvalue weighted by atomic mass is 10.1. The van der Waals surface area contributed by atoms with Crippen LogP contribution < -0.4 is 0 Å². The third-order valence-electron chi connectivity index (χ3n) is 4.54. The van der Waals surface area contributed by atoms with E-state index in [2.05, 4.69) is 48.3 Å². The van der Waals surface area contributed by atoms with Crippen LogP contribution in [-0.4, -0.2) is 37.9 Å². The van der Waals surface area contributed by atoms with E-state index >= 15 is 0 Å². The third-order valence-corrected chi connectivity index (χ3v) is 5.46. The van der Waals surface area contributed by atoms with Crippen molar-refractivity contribution in [2.45, 2.75) is 38.4 Å². The summed E-state index contributed by atoms with van der Waals surface area (Å²) in [5.74, 6) is 0.467. The number of hydrogen-bond acceptors (Lipinski definition) is 4. The van der Waals surface area contributed by atoms with Crippen molar-refractivity contribution in [2.75, 3.05) is 12.3 Å². The molecule has 0 aliphatic heterocycles. The second kappa shape index (κ2) is 10.1. The van der Waals surface area contributed by atoms with Crippen LogP contribution in [-0.2, 0) is 17.8 Å². The average Bonchev–Trinajstić information content (AvgIpc) is 3.21. The second-order valence-electron chi connectivity index (χ2n) is 6.56. The maximum absolute atomic E-state index is 12.9. The van der Waals surface area contributed by atoms with E-state index in [0.29, 0.717) is 12.3 Å². The fourth-order valence-electron chi connectivity index (χ4n) is 3.12. The predicted octanol–water partition coefficient (Wildman–Crippen LogP) is 4.36. The number of rotatable bonds is 9. The maximum atomic E-state index is 12.9. The number of thioether (sulfide) groups is 1. The summed E-state index contributed by atoms with van der Waals surface area (Å²) in [5, 5.41) is 9.04. The van der Waals surface area contributed by atoms with Crippen molar-refractivity contribution < 1.29 is 4.79 Å². The lowest BCUT2D eigenvalue weighted by Crippen LogP contribution is -2.32. The number of para-hydroxylation sites is 1. The zero-order valence-corrected chi connectivity index (χ0v) is 17.2. The molecule has 0 unspecified atom stereocenters. The number of aromatic nitrogens is 3. The van der Waals surface area contributed by atoms with Gasteiger partial charge in [0.05, 0.1) is 11.4 Å². The van der Waals surface area contributed by atoms with Gasteiger partial charge in [-0.3, -0.25) is 9.36 Å². The number of carbonyl (C=O) groups is 1. The van der Waals surface area contributed by atoms with Gasteiger partial charge in [0, 0.05) is 13.1 Å². The SMILES string of the molecule is CCCN(Cc1ccccc1)C(=O)CSc1nncn1-c1ccccc1CC. The van der Waals surface area contributed by atoms with Gasteiger partial charge in [0.2, 0.25) is 5.91 Å². The first-order valence-corrected chi connectivity index (χ1v) is 10.6. The molecular weight excluding hydrogens is 368 g/mol. The second-order valence-corrected chi connectivity index (χ2v) is 7.50. The molecule has 1 amide bonds. The normalized spacial score (nSPS) is 10.8. The van der Waals surface area contributed by atoms with Crippen LogP contribution in [0.3, 0.4) is 0 Å². The summed E-state index contributed by atoms with van der Waals surface area (Å²) in [6.45, 7) is 5.61. The Bertz CT molecular complexity index is 894. The molecule has 0 saturated carbocycles. The van der Waals surface area contributed by atoms with Gasteiger partial charge in [-0.15, -0.1) is 10.2 Å². The van der Waals surface area contributed by atoms with Crippen molar-refractivity contribution in [3.63, 3.8) is 0 Å². The summed E-state index contributed by atoms with van der Waals surface area (Å²) in [7, 11) is 0. The molecule has 0 aliphatic carbocycles. The lowest BCUT2D eigenvalue weighted by Gasteiger charge is -2.22. The molecule has 0 fully saturated rings. The van der Waals surface area contributed by atoms with Gasteiger partial charge in [0.15, 0.2) is 5.16 Å². The fourth-order valence-corrected chi connectivity index (χ4v) is 3.94. The molecular formula is C22H26N4OS. The van der Waals surface area contributed by atoms with E-state index in [0.717, 1.165) is 35.8 Å². The van der Waals surface area contributed by atoms with Crippen LogP contribution in [0.15, 0.2) is 66.1 Å². The number of benzene rings is 2. The van der Waals surface area contributed by atoms with Gasteiger partial charge in [-0.2, -0.15) is 0 Å². The van der Waals surface area contributed by atoms with Crippen LogP contribution in [0.1, 0.15) is 31.4 Å². The summed E-state index contributed by atoms with van der Waals surface area (Å²) >= 11 is 1.44. The smallest absolute Gasteiger partial charge is 0.233 e. The van der Waals surface area contributed by atoms with Gasteiger partial charge < -0.3 is 4.90 Å². The number of carbonyl (C=O) groups excluding carboxylic acids is 1. The minimum Gasteiger partial charge on any atom is -0.338 e. The van der Waals surface area contributed by atoms with Crippen LogP contribution >= 0.6 is 11.8 Å². The van der Waals surface area contributed by atoms with Gasteiger partial charge >= 0.3 is 0 Å². The molecule has 0 bridgehead atoms. The molecule has 0 N–H and O–H groups in total. The van der Waals surface area contributed by atoms with E-state index < -0.39 is 0 Å². The molecule has 1 heterocycles. The summed E-state index contributed by atoms with van der Waals surface area (Å²) in [4.78, 5) is 14.8. The Hall–Kier alpha value is -2.60. The fraction of sp³-hybridized carbons (Fsp3) is 0.318. The van der Waals surface area contributed by atoms with Crippen LogP contribution in [0, 0.1) is 0 Å². The van der Waals surface area contributed by atoms with Crippen molar-refractivity contribution in [1.29, 1.82) is 0 Å². The van der Waals surface area contributed by atoms with Crippen molar-refractivity contribution in [3.05, 3.63) is 72.1 Å². The van der Waals surface area contributed by atoms with Gasteiger partial charge in [0.25, 0.3) is 0 Å². The Morgan fingerprint density at radius 1 is 1.07 bits per heavy atom. The van der Waals surface area contributed by atoms with E-state index in [-0.39, 0.29) is 5.91 Å². The van der Waals surface area contributed by atoms with Gasteiger partial charge in [-0.05, 0) is 30.0 Å². The highest BCUT2D eigenvalue weighted by molar-refractivity contribution is 7.99. The summed E-state index contributed by atoms with van der Waals surface area (Å²) in [6.07, 6.45) is 3.58. The average molecular weight is 395 g/mol. The molecule has 0 aliphatic rings. The number of nitrogens with zero attached hydrogens (tertiary/aromatic N) is 4. The van der Waals surface area contributed by atoms with Gasteiger partial charge in [-0.1, -0.05) is 74.1 Å². The molecule has 3 rings (SSSR count). The molecule has 28 heavy (non-hydrogen) atoms. The molecule has 0 saturated heterocycles. The first kappa shape index (κ1) is 20.1. The topological polar surface area (TPSA) is 51.0 Å². The van der Waals surface area contributed by atoms with E-state index in [1.807, 2.05) is 39.8 Å². The summed E-state index contributed by atoms with van der Waals surface area (Å²) in [6, 6.07) is 18.3. The molecule has 2 aromatic carbocycles. The molecule has 1 aromatic heterocycles. The third kappa shape index (κ3) is 5.01. The summed E-state index contributed by atoms with van der Waals surface area (Å²) < 4.78 is 1.97. The zero-order valence-electron chi connectivity index (χ0n) is 16.4. The Labute approximate surface area is 170 Å². The van der Waals surface area contributed by atoms with Crippen LogP contribution in [0.2, 0.25) is 0 Å². The highest BCUT2D eigenvalue weighted by atomic mass is 32.2. The summed E-state index contributed by atoms with van der Waals surface area (Å²) in [5.41, 5.74) is 3.45. The highest BCUT2D eigenvalue weighted by Crippen LogP contribution is 2.23. The molecule has 5 nitrogen and oxygen atoms in total. The Morgan fingerprint density at radius 3 is 2.57 bits per heavy atom. The van der Waals surface area contributed by atoms with E-state index in [1.165, 1.54) is 17.3 Å². The molecule has 6 heteroatoms. The maximum Gasteiger partial charge on any atom is 0.233 e. The first-order valence-electron chi connectivity index (χ1n) is 9.65. The first-order chi connectivity index (χ1) is 13.7. The van der Waals surface area contributed by atoms with Crippen molar-refractivity contribution in [3.8, 4) is 5.69 Å². The van der Waals surface area contributed by atoms with Gasteiger partial charge in [-0.25, -0.2) is 0 Å². The van der Waals surface area contributed by atoms with Crippen LogP contribution in [0.25, 0.3) is 5.69 Å². The minimum absolute atomic E-state index is 0.119. The predicted molar refractivity (Wildman–Crippen MR) is 114 cm³/mol. The van der Waals surface area contributed by atoms with E-state index in [4.69, 9.17) is 0 Å². The Balaban J connectivity index is 1.69. The molecule has 0 radical (unpaired) electrons. The van der Waals surface area contributed by atoms with Crippen molar-refractivity contribution in [1.82, 2.24) is 19.7 Å². The Morgan fingerprint density at radius 2 is 1.82 bits per heavy atom. The quantitative estimate of drug-likeness (QED) is 0.506. The largest absolute Gasteiger partial charge is 0.338 e. The monoisotopic (exact) mass is 394 g/mol. The molecule has 3 aromatic rings. The minimum atomic E-state index is 0.119. The van der Waals surface area contributed by atoms with Crippen LogP contribution in [0.4, 0.5) is 0 Å². The van der Waals surface area contributed by atoms with E-state index in [1.54, 1.807) is 6.33 Å². The van der Waals surface area contributed by atoms with Gasteiger partial charge in [0.1, 0.15) is 6.33 Å². The van der Waals surface area contributed by atoms with Crippen LogP contribution in [0.5, 0.6) is 0 Å². The van der Waals surface area contributed by atoms with E-state index in [9.17, 15) is 4.79 Å². The number of amides is 1. The number of aryl methyl sites for hydroxylation is 1. The standard InChI is InChI=1S/C22H26N4OS/c1-3-14-25(15-18-10-6-5-7-11-18)21(27)16-28-22-24-23-17-26(22)20-13-9-8-12-19(20)4-2/h5-13,17H,3-4,14-16H2,1-2H3.